The van der Waals surface area contributed by atoms with Crippen molar-refractivity contribution in [3.05, 3.63) is 12.2 Å². The molecule has 7 nitrogen and oxygen atoms in total. The summed E-state index contributed by atoms with van der Waals surface area (Å²) in [6.07, 6.45) is 7.11. The Kier molecular flexibility index (Phi) is 3.31. The van der Waals surface area contributed by atoms with E-state index in [-0.39, 0.29) is 0 Å². The van der Waals surface area contributed by atoms with Crippen molar-refractivity contribution in [2.45, 2.75) is 38.1 Å². The third-order valence-corrected chi connectivity index (χ3v) is 3.21. The van der Waals surface area contributed by atoms with E-state index in [9.17, 15) is 0 Å². The van der Waals surface area contributed by atoms with Crippen LogP contribution in [0.3, 0.4) is 0 Å². The van der Waals surface area contributed by atoms with Gasteiger partial charge in [0.05, 0.1) is 0 Å². The highest BCUT2D eigenvalue weighted by molar-refractivity contribution is 5.39. The van der Waals surface area contributed by atoms with Gasteiger partial charge in [0.15, 0.2) is 5.82 Å². The fraction of sp³-hybridized carbons (Fsp3) is 0.636. The Labute approximate surface area is 104 Å². The van der Waals surface area contributed by atoms with Crippen molar-refractivity contribution >= 4 is 0 Å². The van der Waals surface area contributed by atoms with Crippen molar-refractivity contribution in [3.63, 3.8) is 0 Å². The molecule has 7 heteroatoms. The van der Waals surface area contributed by atoms with Crippen LogP contribution in [0.15, 0.2) is 10.9 Å². The molecule has 0 aromatic carbocycles. The molecule has 0 spiro atoms. The Morgan fingerprint density at radius 3 is 3.17 bits per heavy atom. The monoisotopic (exact) mass is 248 g/mol. The van der Waals surface area contributed by atoms with Crippen molar-refractivity contribution in [1.29, 1.82) is 0 Å². The first kappa shape index (κ1) is 11.3. The van der Waals surface area contributed by atoms with E-state index >= 15 is 0 Å². The summed E-state index contributed by atoms with van der Waals surface area (Å²) in [5.41, 5.74) is 0. The van der Waals surface area contributed by atoms with E-state index in [0.717, 1.165) is 19.4 Å². The molecule has 1 atom stereocenters. The van der Waals surface area contributed by atoms with Crippen LogP contribution in [0.2, 0.25) is 0 Å². The molecule has 0 aliphatic carbocycles. The van der Waals surface area contributed by atoms with Gasteiger partial charge in [0.25, 0.3) is 0 Å². The SMILES string of the molecule is c1n[nH]c(-c2noc(CCC3CCCCN3)n2)n1. The van der Waals surface area contributed by atoms with Crippen LogP contribution in [-0.2, 0) is 6.42 Å². The molecule has 0 bridgehead atoms. The summed E-state index contributed by atoms with van der Waals surface area (Å²) in [7, 11) is 0. The Morgan fingerprint density at radius 2 is 2.39 bits per heavy atom. The van der Waals surface area contributed by atoms with Crippen molar-refractivity contribution in [3.8, 4) is 11.6 Å². The number of hydrogen-bond acceptors (Lipinski definition) is 6. The molecule has 1 fully saturated rings. The van der Waals surface area contributed by atoms with Crippen LogP contribution in [0.5, 0.6) is 0 Å². The third-order valence-electron chi connectivity index (χ3n) is 3.21. The van der Waals surface area contributed by atoms with Crippen LogP contribution < -0.4 is 5.32 Å². The van der Waals surface area contributed by atoms with Crippen LogP contribution in [0.4, 0.5) is 0 Å². The van der Waals surface area contributed by atoms with Gasteiger partial charge in [-0.3, -0.25) is 5.10 Å². The standard InChI is InChI=1S/C11H16N6O/c1-2-6-12-8(3-1)4-5-9-15-11(17-18-9)10-13-7-14-16-10/h7-8,12H,1-6H2,(H,13,14,16). The van der Waals surface area contributed by atoms with Crippen LogP contribution in [0, 0.1) is 0 Å². The minimum Gasteiger partial charge on any atom is -0.339 e. The molecule has 2 N–H and O–H groups in total. The summed E-state index contributed by atoms with van der Waals surface area (Å²) >= 11 is 0. The smallest absolute Gasteiger partial charge is 0.239 e. The average Bonchev–Trinajstić information content (AvgIpc) is 3.08. The normalized spacial score (nSPS) is 20.1. The first-order valence-corrected chi connectivity index (χ1v) is 6.33. The van der Waals surface area contributed by atoms with Crippen LogP contribution >= 0.6 is 0 Å². The van der Waals surface area contributed by atoms with Crippen molar-refractivity contribution in [2.75, 3.05) is 6.54 Å². The first-order valence-electron chi connectivity index (χ1n) is 6.33. The second-order valence-corrected chi connectivity index (χ2v) is 4.53. The minimum absolute atomic E-state index is 0.471. The van der Waals surface area contributed by atoms with E-state index in [4.69, 9.17) is 4.52 Å². The number of aryl methyl sites for hydroxylation is 1. The molecule has 2 aromatic heterocycles. The molecular weight excluding hydrogens is 232 g/mol. The number of rotatable bonds is 4. The molecule has 3 heterocycles. The Balaban J connectivity index is 1.57. The van der Waals surface area contributed by atoms with Crippen LogP contribution in [-0.4, -0.2) is 37.9 Å². The summed E-state index contributed by atoms with van der Waals surface area (Å²) < 4.78 is 5.20. The zero-order chi connectivity index (χ0) is 12.2. The summed E-state index contributed by atoms with van der Waals surface area (Å²) in [6.45, 7) is 1.12. The lowest BCUT2D eigenvalue weighted by Crippen LogP contribution is -2.34. The Hall–Kier alpha value is -1.76. The molecule has 18 heavy (non-hydrogen) atoms. The third kappa shape index (κ3) is 2.56. The van der Waals surface area contributed by atoms with Gasteiger partial charge in [-0.15, -0.1) is 0 Å². The second-order valence-electron chi connectivity index (χ2n) is 4.53. The zero-order valence-corrected chi connectivity index (χ0v) is 10.1. The molecule has 0 saturated carbocycles. The van der Waals surface area contributed by atoms with E-state index in [1.165, 1.54) is 25.6 Å². The van der Waals surface area contributed by atoms with Gasteiger partial charge in [-0.2, -0.15) is 10.1 Å². The average molecular weight is 248 g/mol. The van der Waals surface area contributed by atoms with Gasteiger partial charge in [-0.25, -0.2) is 4.98 Å². The number of hydrogen-bond donors (Lipinski definition) is 2. The number of piperidine rings is 1. The van der Waals surface area contributed by atoms with Crippen LogP contribution in [0.1, 0.15) is 31.6 Å². The lowest BCUT2D eigenvalue weighted by atomic mass is 10.0. The number of nitrogens with zero attached hydrogens (tertiary/aromatic N) is 4. The lowest BCUT2D eigenvalue weighted by Gasteiger charge is -2.22. The largest absolute Gasteiger partial charge is 0.339 e. The van der Waals surface area contributed by atoms with Crippen LogP contribution in [0.25, 0.3) is 11.6 Å². The number of nitrogens with one attached hydrogen (secondary N) is 2. The highest BCUT2D eigenvalue weighted by atomic mass is 16.5. The molecule has 3 rings (SSSR count). The topological polar surface area (TPSA) is 92.5 Å². The maximum absolute atomic E-state index is 5.20. The molecule has 1 unspecified atom stereocenters. The molecule has 0 radical (unpaired) electrons. The van der Waals surface area contributed by atoms with Gasteiger partial charge in [0.2, 0.25) is 11.7 Å². The molecule has 0 amide bonds. The van der Waals surface area contributed by atoms with Crippen molar-refractivity contribution in [2.24, 2.45) is 0 Å². The highest BCUT2D eigenvalue weighted by Gasteiger charge is 2.15. The quantitative estimate of drug-likeness (QED) is 0.836. The van der Waals surface area contributed by atoms with E-state index in [2.05, 4.69) is 30.6 Å². The molecule has 1 aliphatic heterocycles. The maximum atomic E-state index is 5.20. The number of H-pyrrole nitrogens is 1. The Morgan fingerprint density at radius 1 is 1.39 bits per heavy atom. The fourth-order valence-electron chi connectivity index (χ4n) is 2.23. The van der Waals surface area contributed by atoms with Gasteiger partial charge in [0, 0.05) is 12.5 Å². The predicted octanol–water partition coefficient (Wildman–Crippen LogP) is 0.929. The van der Waals surface area contributed by atoms with Gasteiger partial charge < -0.3 is 9.84 Å². The summed E-state index contributed by atoms with van der Waals surface area (Å²) in [6, 6.07) is 0.583. The van der Waals surface area contributed by atoms with E-state index in [0.29, 0.717) is 23.6 Å². The number of aromatic nitrogens is 5. The molecule has 1 aliphatic rings. The Bertz CT molecular complexity index is 473. The van der Waals surface area contributed by atoms with E-state index in [1.807, 2.05) is 0 Å². The van der Waals surface area contributed by atoms with Gasteiger partial charge in [0.1, 0.15) is 6.33 Å². The molecule has 1 saturated heterocycles. The van der Waals surface area contributed by atoms with E-state index < -0.39 is 0 Å². The number of aromatic amines is 1. The van der Waals surface area contributed by atoms with Gasteiger partial charge in [-0.05, 0) is 25.8 Å². The summed E-state index contributed by atoms with van der Waals surface area (Å²) in [5, 5.41) is 13.9. The molecular formula is C11H16N6O. The van der Waals surface area contributed by atoms with Crippen molar-refractivity contribution in [1.82, 2.24) is 30.6 Å². The summed E-state index contributed by atoms with van der Waals surface area (Å²) in [5.74, 6) is 1.67. The molecule has 96 valence electrons. The summed E-state index contributed by atoms with van der Waals surface area (Å²) in [4.78, 5) is 8.28. The fourth-order valence-corrected chi connectivity index (χ4v) is 2.23. The highest BCUT2D eigenvalue weighted by Crippen LogP contribution is 2.14. The van der Waals surface area contributed by atoms with E-state index in [1.54, 1.807) is 0 Å². The van der Waals surface area contributed by atoms with Gasteiger partial charge >= 0.3 is 0 Å². The zero-order valence-electron chi connectivity index (χ0n) is 10.1. The second kappa shape index (κ2) is 5.26. The maximum Gasteiger partial charge on any atom is 0.239 e. The molecule has 2 aromatic rings. The predicted molar refractivity (Wildman–Crippen MR) is 63.6 cm³/mol. The first-order chi connectivity index (χ1) is 8.92. The lowest BCUT2D eigenvalue weighted by molar-refractivity contribution is 0.342. The van der Waals surface area contributed by atoms with Gasteiger partial charge in [-0.1, -0.05) is 11.6 Å². The minimum atomic E-state index is 0.471. The van der Waals surface area contributed by atoms with Crippen molar-refractivity contribution < 1.29 is 4.52 Å².